The number of unbranched alkanes of at least 4 members (excludes halogenated alkanes) is 1. The van der Waals surface area contributed by atoms with Crippen molar-refractivity contribution in [2.24, 2.45) is 0 Å². The molecule has 3 aromatic rings. The number of benzene rings is 1. The molecule has 2 heterocycles. The van der Waals surface area contributed by atoms with E-state index >= 15 is 0 Å². The number of aromatic nitrogens is 3. The zero-order valence-electron chi connectivity index (χ0n) is 18.2. The van der Waals surface area contributed by atoms with E-state index in [0.29, 0.717) is 24.7 Å². The number of rotatable bonds is 8. The molecule has 3 rings (SSSR count). The first-order valence-electron chi connectivity index (χ1n) is 10.3. The van der Waals surface area contributed by atoms with Gasteiger partial charge in [-0.3, -0.25) is 4.79 Å². The molecule has 0 saturated heterocycles. The molecule has 0 saturated carbocycles. The molecule has 1 amide bonds. The Balaban J connectivity index is 1.56. The van der Waals surface area contributed by atoms with Crippen molar-refractivity contribution in [2.75, 3.05) is 11.9 Å². The molecule has 0 aliphatic carbocycles. The Kier molecular flexibility index (Phi) is 6.87. The average molecular weight is 407 g/mol. The molecule has 0 spiro atoms. The fourth-order valence-electron chi connectivity index (χ4n) is 2.98. The lowest BCUT2D eigenvalue weighted by atomic mass is 9.92. The fraction of sp³-hybridized carbons (Fsp3) is 0.375. The number of ether oxygens (including phenoxy) is 1. The maximum atomic E-state index is 12.5. The van der Waals surface area contributed by atoms with Crippen LogP contribution in [0.2, 0.25) is 0 Å². The molecular weight excluding hydrogens is 376 g/mol. The molecular formula is C24H30N4O2. The Hall–Kier alpha value is -3.15. The predicted octanol–water partition coefficient (Wildman–Crippen LogP) is 5.06. The van der Waals surface area contributed by atoms with Crippen LogP contribution in [0.5, 0.6) is 5.75 Å². The molecule has 0 bridgehead atoms. The first-order valence-corrected chi connectivity index (χ1v) is 10.3. The third-order valence-corrected chi connectivity index (χ3v) is 4.67. The lowest BCUT2D eigenvalue weighted by Gasteiger charge is -2.13. The van der Waals surface area contributed by atoms with E-state index < -0.39 is 0 Å². The van der Waals surface area contributed by atoms with E-state index in [-0.39, 0.29) is 11.3 Å². The summed E-state index contributed by atoms with van der Waals surface area (Å²) >= 11 is 0. The highest BCUT2D eigenvalue weighted by Gasteiger charge is 2.21. The van der Waals surface area contributed by atoms with Crippen molar-refractivity contribution in [1.29, 1.82) is 0 Å². The number of carbonyl (C=O) groups is 1. The molecule has 30 heavy (non-hydrogen) atoms. The van der Waals surface area contributed by atoms with Crippen LogP contribution in [-0.4, -0.2) is 27.3 Å². The van der Waals surface area contributed by atoms with Crippen LogP contribution in [-0.2, 0) is 10.2 Å². The third-order valence-electron chi connectivity index (χ3n) is 4.67. The van der Waals surface area contributed by atoms with Gasteiger partial charge in [0, 0.05) is 24.1 Å². The summed E-state index contributed by atoms with van der Waals surface area (Å²) in [6.07, 6.45) is 3.71. The van der Waals surface area contributed by atoms with Crippen LogP contribution in [0.4, 0.5) is 5.82 Å². The minimum Gasteiger partial charge on any atom is -0.494 e. The van der Waals surface area contributed by atoms with Gasteiger partial charge in [0.2, 0.25) is 5.91 Å². The lowest BCUT2D eigenvalue weighted by Crippen LogP contribution is -2.15. The number of aryl methyl sites for hydroxylation is 1. The number of anilines is 1. The number of pyridine rings is 1. The SMILES string of the molecule is Cc1cccc(OCCCCC(=O)Nc2cc(C(C)(C)C)nn2-c2ccccn2)c1. The van der Waals surface area contributed by atoms with Crippen LogP contribution in [0.1, 0.15) is 51.3 Å². The van der Waals surface area contributed by atoms with Gasteiger partial charge < -0.3 is 10.1 Å². The summed E-state index contributed by atoms with van der Waals surface area (Å²) in [4.78, 5) is 16.9. The zero-order chi connectivity index (χ0) is 21.6. The van der Waals surface area contributed by atoms with Gasteiger partial charge in [-0.15, -0.1) is 0 Å². The molecule has 158 valence electrons. The van der Waals surface area contributed by atoms with Crippen LogP contribution in [0, 0.1) is 6.92 Å². The van der Waals surface area contributed by atoms with E-state index in [2.05, 4.69) is 36.2 Å². The van der Waals surface area contributed by atoms with Gasteiger partial charge in [-0.25, -0.2) is 4.98 Å². The number of carbonyl (C=O) groups excluding carboxylic acids is 1. The topological polar surface area (TPSA) is 69.0 Å². The van der Waals surface area contributed by atoms with Crippen molar-refractivity contribution < 1.29 is 9.53 Å². The Bertz CT molecular complexity index is 974. The quantitative estimate of drug-likeness (QED) is 0.531. The van der Waals surface area contributed by atoms with Crippen molar-refractivity contribution in [1.82, 2.24) is 14.8 Å². The zero-order valence-corrected chi connectivity index (χ0v) is 18.2. The van der Waals surface area contributed by atoms with E-state index in [1.54, 1.807) is 10.9 Å². The monoisotopic (exact) mass is 406 g/mol. The highest BCUT2D eigenvalue weighted by molar-refractivity contribution is 5.90. The summed E-state index contributed by atoms with van der Waals surface area (Å²) in [5, 5.41) is 7.67. The first kappa shape index (κ1) is 21.6. The van der Waals surface area contributed by atoms with Gasteiger partial charge in [0.25, 0.3) is 0 Å². The van der Waals surface area contributed by atoms with Gasteiger partial charge in [-0.2, -0.15) is 9.78 Å². The molecule has 0 unspecified atom stereocenters. The van der Waals surface area contributed by atoms with Crippen molar-refractivity contribution in [2.45, 2.75) is 52.4 Å². The second-order valence-corrected chi connectivity index (χ2v) is 8.43. The van der Waals surface area contributed by atoms with Gasteiger partial charge in [0.15, 0.2) is 5.82 Å². The second kappa shape index (κ2) is 9.57. The minimum absolute atomic E-state index is 0.0388. The van der Waals surface area contributed by atoms with Gasteiger partial charge >= 0.3 is 0 Å². The Morgan fingerprint density at radius 1 is 1.10 bits per heavy atom. The number of nitrogens with zero attached hydrogens (tertiary/aromatic N) is 3. The molecule has 2 aromatic heterocycles. The standard InChI is InChI=1S/C24H30N4O2/c1-18-10-9-11-19(16-18)30-15-8-6-13-23(29)26-22-17-20(24(2,3)4)27-28(22)21-12-5-7-14-25-21/h5,7,9-12,14,16-17H,6,8,13,15H2,1-4H3,(H,26,29). The lowest BCUT2D eigenvalue weighted by molar-refractivity contribution is -0.116. The van der Waals surface area contributed by atoms with Crippen molar-refractivity contribution in [3.63, 3.8) is 0 Å². The van der Waals surface area contributed by atoms with Crippen LogP contribution >= 0.6 is 0 Å². The van der Waals surface area contributed by atoms with E-state index in [4.69, 9.17) is 4.74 Å². The van der Waals surface area contributed by atoms with Crippen LogP contribution in [0.3, 0.4) is 0 Å². The number of amides is 1. The van der Waals surface area contributed by atoms with E-state index in [9.17, 15) is 4.79 Å². The van der Waals surface area contributed by atoms with Crippen LogP contribution in [0.15, 0.2) is 54.7 Å². The summed E-state index contributed by atoms with van der Waals surface area (Å²) in [6.45, 7) is 8.92. The van der Waals surface area contributed by atoms with Gasteiger partial charge in [0.1, 0.15) is 11.6 Å². The maximum Gasteiger partial charge on any atom is 0.225 e. The summed E-state index contributed by atoms with van der Waals surface area (Å²) in [5.41, 5.74) is 1.94. The largest absolute Gasteiger partial charge is 0.494 e. The summed E-state index contributed by atoms with van der Waals surface area (Å²) in [6, 6.07) is 15.5. The number of nitrogens with one attached hydrogen (secondary N) is 1. The van der Waals surface area contributed by atoms with Gasteiger partial charge in [-0.1, -0.05) is 39.0 Å². The molecule has 1 aromatic carbocycles. The van der Waals surface area contributed by atoms with Crippen molar-refractivity contribution >= 4 is 11.7 Å². The summed E-state index contributed by atoms with van der Waals surface area (Å²) in [7, 11) is 0. The smallest absolute Gasteiger partial charge is 0.225 e. The first-order chi connectivity index (χ1) is 14.3. The molecule has 1 N–H and O–H groups in total. The highest BCUT2D eigenvalue weighted by Crippen LogP contribution is 2.26. The third kappa shape index (κ3) is 5.92. The molecule has 0 radical (unpaired) electrons. The Labute approximate surface area is 178 Å². The van der Waals surface area contributed by atoms with E-state index in [1.165, 1.54) is 5.56 Å². The van der Waals surface area contributed by atoms with E-state index in [1.807, 2.05) is 55.5 Å². The second-order valence-electron chi connectivity index (χ2n) is 8.43. The fourth-order valence-corrected chi connectivity index (χ4v) is 2.98. The highest BCUT2D eigenvalue weighted by atomic mass is 16.5. The molecule has 0 aliphatic heterocycles. The number of hydrogen-bond acceptors (Lipinski definition) is 4. The normalized spacial score (nSPS) is 11.3. The predicted molar refractivity (Wildman–Crippen MR) is 119 cm³/mol. The Morgan fingerprint density at radius 2 is 1.93 bits per heavy atom. The van der Waals surface area contributed by atoms with Crippen molar-refractivity contribution in [3.05, 3.63) is 66.0 Å². The summed E-state index contributed by atoms with van der Waals surface area (Å²) < 4.78 is 7.44. The average Bonchev–Trinajstić information content (AvgIpc) is 3.13. The van der Waals surface area contributed by atoms with Gasteiger partial charge in [-0.05, 0) is 49.6 Å². The minimum atomic E-state index is -0.132. The maximum absolute atomic E-state index is 12.5. The Morgan fingerprint density at radius 3 is 2.63 bits per heavy atom. The molecule has 0 fully saturated rings. The molecule has 6 heteroatoms. The van der Waals surface area contributed by atoms with E-state index in [0.717, 1.165) is 24.3 Å². The van der Waals surface area contributed by atoms with Gasteiger partial charge in [0.05, 0.1) is 12.3 Å². The summed E-state index contributed by atoms with van der Waals surface area (Å²) in [5.74, 6) is 2.14. The number of hydrogen-bond donors (Lipinski definition) is 1. The molecule has 0 atom stereocenters. The van der Waals surface area contributed by atoms with Crippen LogP contribution < -0.4 is 10.1 Å². The molecule has 0 aliphatic rings. The van der Waals surface area contributed by atoms with Crippen LogP contribution in [0.25, 0.3) is 5.82 Å². The van der Waals surface area contributed by atoms with Crippen molar-refractivity contribution in [3.8, 4) is 11.6 Å². The molecule has 6 nitrogen and oxygen atoms in total.